The van der Waals surface area contributed by atoms with E-state index in [2.05, 4.69) is 15.9 Å². The normalized spacial score (nSPS) is 18.1. The fourth-order valence-electron chi connectivity index (χ4n) is 3.57. The molecule has 7 heteroatoms. The molecule has 2 aromatic carbocycles. The number of aryl methyl sites for hydroxylation is 1. The largest absolute Gasteiger partial charge is 0.507 e. The summed E-state index contributed by atoms with van der Waals surface area (Å²) in [5.41, 5.74) is 1.69. The number of hydrogen-bond donors (Lipinski definition) is 1. The molecular formula is C23H18BrNO5. The van der Waals surface area contributed by atoms with E-state index in [1.807, 2.05) is 6.92 Å². The Labute approximate surface area is 181 Å². The lowest BCUT2D eigenvalue weighted by Crippen LogP contribution is -2.29. The van der Waals surface area contributed by atoms with Gasteiger partial charge < -0.3 is 14.3 Å². The molecule has 0 saturated carbocycles. The molecule has 0 bridgehead atoms. The van der Waals surface area contributed by atoms with Gasteiger partial charge in [-0.2, -0.15) is 0 Å². The average molecular weight is 468 g/mol. The Balaban J connectivity index is 1.95. The molecule has 1 atom stereocenters. The van der Waals surface area contributed by atoms with E-state index in [-0.39, 0.29) is 11.3 Å². The molecule has 1 aromatic heterocycles. The van der Waals surface area contributed by atoms with E-state index in [1.165, 1.54) is 18.3 Å². The van der Waals surface area contributed by atoms with Crippen molar-refractivity contribution in [2.75, 3.05) is 12.0 Å². The maximum atomic E-state index is 13.1. The molecule has 152 valence electrons. The zero-order valence-electron chi connectivity index (χ0n) is 16.3. The van der Waals surface area contributed by atoms with E-state index in [0.717, 1.165) is 10.0 Å². The Morgan fingerprint density at radius 1 is 1.13 bits per heavy atom. The van der Waals surface area contributed by atoms with E-state index in [1.54, 1.807) is 54.6 Å². The average Bonchev–Trinajstić information content (AvgIpc) is 3.37. The SMILES string of the molecule is COc1ccccc1N1C(=O)C(=O)/C(=C(\O)c2ccc(Br)c(C)c2)C1c1ccco1. The summed E-state index contributed by atoms with van der Waals surface area (Å²) in [5.74, 6) is -1.04. The third-order valence-corrected chi connectivity index (χ3v) is 5.92. The van der Waals surface area contributed by atoms with Gasteiger partial charge >= 0.3 is 0 Å². The minimum atomic E-state index is -0.930. The van der Waals surface area contributed by atoms with Crippen LogP contribution in [-0.2, 0) is 9.59 Å². The number of anilines is 1. The number of benzene rings is 2. The first-order valence-electron chi connectivity index (χ1n) is 9.18. The van der Waals surface area contributed by atoms with Gasteiger partial charge in [0.25, 0.3) is 11.7 Å². The molecule has 0 radical (unpaired) electrons. The maximum absolute atomic E-state index is 13.1. The molecule has 1 aliphatic heterocycles. The summed E-state index contributed by atoms with van der Waals surface area (Å²) in [5, 5.41) is 11.1. The van der Waals surface area contributed by atoms with Gasteiger partial charge in [0.05, 0.1) is 24.6 Å². The maximum Gasteiger partial charge on any atom is 0.300 e. The van der Waals surface area contributed by atoms with Gasteiger partial charge in [-0.15, -0.1) is 0 Å². The lowest BCUT2D eigenvalue weighted by atomic mass is 9.98. The number of rotatable bonds is 4. The van der Waals surface area contributed by atoms with Crippen LogP contribution in [0.25, 0.3) is 5.76 Å². The summed E-state index contributed by atoms with van der Waals surface area (Å²) in [6, 6.07) is 14.5. The van der Waals surface area contributed by atoms with Crippen molar-refractivity contribution in [1.82, 2.24) is 0 Å². The highest BCUT2D eigenvalue weighted by Gasteiger charge is 2.49. The van der Waals surface area contributed by atoms with Crippen LogP contribution < -0.4 is 9.64 Å². The van der Waals surface area contributed by atoms with E-state index in [0.29, 0.717) is 22.8 Å². The number of aliphatic hydroxyl groups is 1. The smallest absolute Gasteiger partial charge is 0.300 e. The molecule has 1 unspecified atom stereocenters. The fourth-order valence-corrected chi connectivity index (χ4v) is 3.82. The fraction of sp³-hybridized carbons (Fsp3) is 0.130. The number of hydrogen-bond acceptors (Lipinski definition) is 5. The van der Waals surface area contributed by atoms with Crippen LogP contribution in [0.3, 0.4) is 0 Å². The van der Waals surface area contributed by atoms with Gasteiger partial charge in [0.2, 0.25) is 0 Å². The number of aliphatic hydroxyl groups excluding tert-OH is 1. The molecule has 30 heavy (non-hydrogen) atoms. The number of amides is 1. The van der Waals surface area contributed by atoms with Crippen LogP contribution in [0.2, 0.25) is 0 Å². The van der Waals surface area contributed by atoms with Crippen molar-refractivity contribution in [2.45, 2.75) is 13.0 Å². The van der Waals surface area contributed by atoms with Crippen LogP contribution in [0.1, 0.15) is 22.9 Å². The molecule has 1 amide bonds. The van der Waals surface area contributed by atoms with Crippen LogP contribution in [0.5, 0.6) is 5.75 Å². The Morgan fingerprint density at radius 3 is 2.57 bits per heavy atom. The van der Waals surface area contributed by atoms with E-state index in [4.69, 9.17) is 9.15 Å². The molecular weight excluding hydrogens is 450 g/mol. The summed E-state index contributed by atoms with van der Waals surface area (Å²) < 4.78 is 11.8. The molecule has 0 spiro atoms. The Kier molecular flexibility index (Phi) is 5.22. The summed E-state index contributed by atoms with van der Waals surface area (Å²) in [7, 11) is 1.49. The molecule has 2 heterocycles. The second kappa shape index (κ2) is 7.84. The Bertz CT molecular complexity index is 1170. The Hall–Kier alpha value is -3.32. The molecule has 1 N–H and O–H groups in total. The Morgan fingerprint density at radius 2 is 1.90 bits per heavy atom. The van der Waals surface area contributed by atoms with Gasteiger partial charge in [0.15, 0.2) is 0 Å². The minimum Gasteiger partial charge on any atom is -0.507 e. The van der Waals surface area contributed by atoms with E-state index >= 15 is 0 Å². The van der Waals surface area contributed by atoms with Crippen molar-refractivity contribution in [2.24, 2.45) is 0 Å². The zero-order valence-corrected chi connectivity index (χ0v) is 17.8. The monoisotopic (exact) mass is 467 g/mol. The third kappa shape index (κ3) is 3.21. The summed E-state index contributed by atoms with van der Waals surface area (Å²) in [6.07, 6.45) is 1.46. The number of nitrogens with zero attached hydrogens (tertiary/aromatic N) is 1. The lowest BCUT2D eigenvalue weighted by molar-refractivity contribution is -0.132. The van der Waals surface area contributed by atoms with Crippen LogP contribution in [0.4, 0.5) is 5.69 Å². The predicted octanol–water partition coefficient (Wildman–Crippen LogP) is 4.99. The van der Waals surface area contributed by atoms with Gasteiger partial charge in [-0.25, -0.2) is 0 Å². The number of ether oxygens (including phenoxy) is 1. The third-order valence-electron chi connectivity index (χ3n) is 5.03. The van der Waals surface area contributed by atoms with Crippen molar-refractivity contribution in [1.29, 1.82) is 0 Å². The van der Waals surface area contributed by atoms with Gasteiger partial charge in [0, 0.05) is 10.0 Å². The number of para-hydroxylation sites is 2. The van der Waals surface area contributed by atoms with Gasteiger partial charge in [-0.1, -0.05) is 34.1 Å². The predicted molar refractivity (Wildman–Crippen MR) is 115 cm³/mol. The summed E-state index contributed by atoms with van der Waals surface area (Å²) >= 11 is 3.43. The lowest BCUT2D eigenvalue weighted by Gasteiger charge is -2.24. The molecule has 4 rings (SSSR count). The van der Waals surface area contributed by atoms with Crippen molar-refractivity contribution in [3.05, 3.63) is 87.8 Å². The highest BCUT2D eigenvalue weighted by atomic mass is 79.9. The first-order valence-corrected chi connectivity index (χ1v) is 9.97. The standard InChI is InChI=1S/C23H18BrNO5/c1-13-12-14(9-10-15(13)24)21(26)19-20(18-8-5-11-30-18)25(23(28)22(19)27)16-6-3-4-7-17(16)29-2/h3-12,20,26H,1-2H3/b21-19-. The van der Waals surface area contributed by atoms with Crippen molar-refractivity contribution < 1.29 is 23.8 Å². The molecule has 1 aliphatic rings. The van der Waals surface area contributed by atoms with Gasteiger partial charge in [0.1, 0.15) is 23.3 Å². The van der Waals surface area contributed by atoms with Crippen LogP contribution >= 0.6 is 15.9 Å². The zero-order chi connectivity index (χ0) is 21.4. The van der Waals surface area contributed by atoms with Gasteiger partial charge in [-0.3, -0.25) is 14.5 Å². The van der Waals surface area contributed by atoms with Crippen molar-refractivity contribution >= 4 is 39.1 Å². The summed E-state index contributed by atoms with van der Waals surface area (Å²) in [4.78, 5) is 27.4. The highest BCUT2D eigenvalue weighted by molar-refractivity contribution is 9.10. The molecule has 1 saturated heterocycles. The molecule has 3 aromatic rings. The number of methoxy groups -OCH3 is 1. The number of ketones is 1. The van der Waals surface area contributed by atoms with Gasteiger partial charge in [-0.05, 0) is 48.9 Å². The van der Waals surface area contributed by atoms with E-state index in [9.17, 15) is 14.7 Å². The number of furan rings is 1. The van der Waals surface area contributed by atoms with E-state index < -0.39 is 17.7 Å². The number of halogens is 1. The first kappa shape index (κ1) is 20.0. The first-order chi connectivity index (χ1) is 14.4. The molecule has 6 nitrogen and oxygen atoms in total. The highest BCUT2D eigenvalue weighted by Crippen LogP contribution is 2.45. The van der Waals surface area contributed by atoms with Crippen molar-refractivity contribution in [3.8, 4) is 5.75 Å². The van der Waals surface area contributed by atoms with Crippen LogP contribution in [-0.4, -0.2) is 23.9 Å². The number of Topliss-reactive ketones (excluding diaryl/α,β-unsaturated/α-hetero) is 1. The van der Waals surface area contributed by atoms with Crippen molar-refractivity contribution in [3.63, 3.8) is 0 Å². The quantitative estimate of drug-likeness (QED) is 0.332. The summed E-state index contributed by atoms with van der Waals surface area (Å²) in [6.45, 7) is 1.87. The second-order valence-electron chi connectivity index (χ2n) is 6.82. The molecule has 1 fully saturated rings. The van der Waals surface area contributed by atoms with Crippen LogP contribution in [0, 0.1) is 6.92 Å². The number of carbonyl (C=O) groups is 2. The topological polar surface area (TPSA) is 80.0 Å². The minimum absolute atomic E-state index is 0.0393. The molecule has 0 aliphatic carbocycles. The number of carbonyl (C=O) groups excluding carboxylic acids is 2. The van der Waals surface area contributed by atoms with Crippen LogP contribution in [0.15, 0.2) is 75.3 Å². The second-order valence-corrected chi connectivity index (χ2v) is 7.67.